The molecule has 3 aromatic carbocycles. The van der Waals surface area contributed by atoms with Gasteiger partial charge < -0.3 is 30.6 Å². The molecular formula is C24H18O12Y2. The number of hydrogen-bond acceptors (Lipinski definition) is 6. The third-order valence-corrected chi connectivity index (χ3v) is 4.07. The number of carboxylic acids is 6. The summed E-state index contributed by atoms with van der Waals surface area (Å²) < 4.78 is 0. The van der Waals surface area contributed by atoms with Crippen molar-refractivity contribution in [2.75, 3.05) is 0 Å². The smallest absolute Gasteiger partial charge is 0.335 e. The van der Waals surface area contributed by atoms with E-state index in [1.165, 1.54) is 54.6 Å². The summed E-state index contributed by atoms with van der Waals surface area (Å²) in [6.07, 6.45) is 0. The minimum absolute atomic E-state index is 0. The quantitative estimate of drug-likeness (QED) is 0.221. The minimum atomic E-state index is -1.13. The SMILES string of the molecule is O=C(O)c1cccc(C(=O)O)c1.O=C(O)c1cccc(C(=O)O)c1.O=C(O)c1cccc(C(=O)O)c1.[Y].[Y]. The molecule has 0 aliphatic heterocycles. The predicted molar refractivity (Wildman–Crippen MR) is 121 cm³/mol. The summed E-state index contributed by atoms with van der Waals surface area (Å²) in [5.41, 5.74) is -0.112. The predicted octanol–water partition coefficient (Wildman–Crippen LogP) is 3.24. The van der Waals surface area contributed by atoms with Crippen LogP contribution in [0.15, 0.2) is 72.8 Å². The fourth-order valence-electron chi connectivity index (χ4n) is 2.36. The Kier molecular flexibility index (Phi) is 17.5. The van der Waals surface area contributed by atoms with Gasteiger partial charge in [-0.25, -0.2) is 28.8 Å². The van der Waals surface area contributed by atoms with E-state index in [0.29, 0.717) is 0 Å². The van der Waals surface area contributed by atoms with Gasteiger partial charge >= 0.3 is 35.8 Å². The standard InChI is InChI=1S/3C8H6O4.2Y/c3*9-7(10)5-2-1-3-6(4-5)8(11)12;;/h3*1-4H,(H,9,10)(H,11,12);;. The maximum absolute atomic E-state index is 10.4. The zero-order valence-corrected chi connectivity index (χ0v) is 24.9. The van der Waals surface area contributed by atoms with Crippen LogP contribution in [0.5, 0.6) is 0 Å². The second-order valence-electron chi connectivity index (χ2n) is 6.57. The Balaban J connectivity index is 0. The van der Waals surface area contributed by atoms with Crippen LogP contribution in [-0.4, -0.2) is 66.5 Å². The average molecular weight is 676 g/mol. The van der Waals surface area contributed by atoms with E-state index in [4.69, 9.17) is 30.6 Å². The van der Waals surface area contributed by atoms with Crippen molar-refractivity contribution < 1.29 is 125 Å². The molecule has 0 fully saturated rings. The van der Waals surface area contributed by atoms with Crippen LogP contribution < -0.4 is 0 Å². The largest absolute Gasteiger partial charge is 0.478 e. The molecule has 2 radical (unpaired) electrons. The van der Waals surface area contributed by atoms with Crippen LogP contribution in [0, 0.1) is 0 Å². The third kappa shape index (κ3) is 12.8. The van der Waals surface area contributed by atoms with Gasteiger partial charge in [0.05, 0.1) is 33.4 Å². The maximum Gasteiger partial charge on any atom is 0.335 e. The van der Waals surface area contributed by atoms with Gasteiger partial charge in [0.25, 0.3) is 0 Å². The van der Waals surface area contributed by atoms with Crippen molar-refractivity contribution in [2.45, 2.75) is 0 Å². The van der Waals surface area contributed by atoms with Crippen LogP contribution in [0.25, 0.3) is 0 Å². The molecule has 38 heavy (non-hydrogen) atoms. The molecule has 0 spiro atoms. The molecule has 0 amide bonds. The Morgan fingerprint density at radius 2 is 0.474 bits per heavy atom. The molecule has 0 saturated heterocycles. The molecular weight excluding hydrogens is 658 g/mol. The van der Waals surface area contributed by atoms with Crippen molar-refractivity contribution >= 4 is 35.8 Å². The first-order valence-electron chi connectivity index (χ1n) is 9.53. The van der Waals surface area contributed by atoms with Gasteiger partial charge in [0.1, 0.15) is 0 Å². The summed E-state index contributed by atoms with van der Waals surface area (Å²) in [6, 6.07) is 15.6. The first-order valence-corrected chi connectivity index (χ1v) is 9.53. The number of carboxylic acid groups (broad SMARTS) is 6. The van der Waals surface area contributed by atoms with Gasteiger partial charge in [-0.05, 0) is 54.6 Å². The molecule has 0 aliphatic rings. The van der Waals surface area contributed by atoms with Crippen LogP contribution in [0.2, 0.25) is 0 Å². The molecule has 0 unspecified atom stereocenters. The molecule has 0 bridgehead atoms. The van der Waals surface area contributed by atoms with Crippen molar-refractivity contribution in [1.82, 2.24) is 0 Å². The summed E-state index contributed by atoms with van der Waals surface area (Å²) >= 11 is 0. The van der Waals surface area contributed by atoms with E-state index in [9.17, 15) is 28.8 Å². The normalized spacial score (nSPS) is 8.84. The van der Waals surface area contributed by atoms with Gasteiger partial charge in [-0.15, -0.1) is 0 Å². The monoisotopic (exact) mass is 676 g/mol. The first-order chi connectivity index (χ1) is 16.8. The molecule has 0 saturated carbocycles. The summed E-state index contributed by atoms with van der Waals surface area (Å²) in [5, 5.41) is 51.0. The Bertz CT molecular complexity index is 1070. The van der Waals surface area contributed by atoms with E-state index in [2.05, 4.69) is 0 Å². The van der Waals surface area contributed by atoms with E-state index in [-0.39, 0.29) is 98.8 Å². The van der Waals surface area contributed by atoms with Gasteiger partial charge in [-0.2, -0.15) is 0 Å². The Hall–Kier alpha value is -3.31. The number of rotatable bonds is 6. The van der Waals surface area contributed by atoms with E-state index in [0.717, 1.165) is 18.2 Å². The van der Waals surface area contributed by atoms with Crippen LogP contribution in [0.1, 0.15) is 62.1 Å². The fourth-order valence-corrected chi connectivity index (χ4v) is 2.36. The number of hydrogen-bond donors (Lipinski definition) is 6. The van der Waals surface area contributed by atoms with E-state index < -0.39 is 35.8 Å². The van der Waals surface area contributed by atoms with Crippen LogP contribution in [-0.2, 0) is 65.4 Å². The Morgan fingerprint density at radius 1 is 0.342 bits per heavy atom. The number of carbonyl (C=O) groups is 6. The summed E-state index contributed by atoms with van der Waals surface area (Å²) in [5.74, 6) is -6.76. The number of aromatic carboxylic acids is 6. The Labute approximate surface area is 264 Å². The Morgan fingerprint density at radius 3 is 0.579 bits per heavy atom. The van der Waals surface area contributed by atoms with Crippen molar-refractivity contribution in [2.24, 2.45) is 0 Å². The maximum atomic E-state index is 10.4. The zero-order chi connectivity index (χ0) is 27.4. The van der Waals surface area contributed by atoms with Gasteiger partial charge in [0.15, 0.2) is 0 Å². The molecule has 0 aliphatic carbocycles. The van der Waals surface area contributed by atoms with Crippen LogP contribution in [0.3, 0.4) is 0 Å². The minimum Gasteiger partial charge on any atom is -0.478 e. The molecule has 6 N–H and O–H groups in total. The van der Waals surface area contributed by atoms with Crippen molar-refractivity contribution in [3.63, 3.8) is 0 Å². The molecule has 12 nitrogen and oxygen atoms in total. The molecule has 0 heterocycles. The van der Waals surface area contributed by atoms with E-state index >= 15 is 0 Å². The third-order valence-electron chi connectivity index (χ3n) is 4.07. The molecule has 0 atom stereocenters. The number of benzene rings is 3. The van der Waals surface area contributed by atoms with Crippen molar-refractivity contribution in [3.8, 4) is 0 Å². The molecule has 14 heteroatoms. The summed E-state index contributed by atoms with van der Waals surface area (Å²) in [7, 11) is 0. The van der Waals surface area contributed by atoms with E-state index in [1.807, 2.05) is 0 Å². The van der Waals surface area contributed by atoms with Gasteiger partial charge in [0, 0.05) is 65.4 Å². The second-order valence-corrected chi connectivity index (χ2v) is 6.57. The van der Waals surface area contributed by atoms with Crippen molar-refractivity contribution in [3.05, 3.63) is 106 Å². The average Bonchev–Trinajstić information content (AvgIpc) is 2.85. The second kappa shape index (κ2) is 18.0. The van der Waals surface area contributed by atoms with Gasteiger partial charge in [-0.1, -0.05) is 18.2 Å². The van der Waals surface area contributed by atoms with Crippen molar-refractivity contribution in [1.29, 1.82) is 0 Å². The first kappa shape index (κ1) is 36.8. The topological polar surface area (TPSA) is 224 Å². The van der Waals surface area contributed by atoms with Gasteiger partial charge in [0.2, 0.25) is 0 Å². The van der Waals surface area contributed by atoms with E-state index in [1.54, 1.807) is 0 Å². The fraction of sp³-hybridized carbons (Fsp3) is 0. The van der Waals surface area contributed by atoms with Crippen LogP contribution in [0.4, 0.5) is 0 Å². The molecule has 3 rings (SSSR count). The summed E-state index contributed by atoms with van der Waals surface area (Å²) in [4.78, 5) is 62.3. The zero-order valence-electron chi connectivity index (χ0n) is 19.2. The molecule has 3 aromatic rings. The molecule has 0 aromatic heterocycles. The van der Waals surface area contributed by atoms with Crippen LogP contribution >= 0.6 is 0 Å². The summed E-state index contributed by atoms with van der Waals surface area (Å²) in [6.45, 7) is 0. The molecule has 192 valence electrons. The van der Waals surface area contributed by atoms with Gasteiger partial charge in [-0.3, -0.25) is 0 Å².